The van der Waals surface area contributed by atoms with Crippen molar-refractivity contribution < 1.29 is 4.79 Å². The number of piperidine rings is 1. The Hall–Kier alpha value is -2.07. The zero-order chi connectivity index (χ0) is 17.4. The SMILES string of the molecule is Cn1cc(C2CCN(C(=O)c3ccccc3Br)CC2)c2ccccc21. The molecule has 0 radical (unpaired) electrons. The van der Waals surface area contributed by atoms with Crippen LogP contribution in [0.2, 0.25) is 0 Å². The number of nitrogens with zero attached hydrogens (tertiary/aromatic N) is 2. The van der Waals surface area contributed by atoms with Crippen LogP contribution in [0.4, 0.5) is 0 Å². The highest BCUT2D eigenvalue weighted by Gasteiger charge is 2.27. The highest BCUT2D eigenvalue weighted by atomic mass is 79.9. The van der Waals surface area contributed by atoms with Gasteiger partial charge in [-0.3, -0.25) is 4.79 Å². The summed E-state index contributed by atoms with van der Waals surface area (Å²) >= 11 is 3.49. The first-order valence-corrected chi connectivity index (χ1v) is 9.52. The van der Waals surface area contributed by atoms with E-state index in [1.165, 1.54) is 16.5 Å². The number of hydrogen-bond acceptors (Lipinski definition) is 1. The molecular formula is C21H21BrN2O. The normalized spacial score (nSPS) is 15.7. The van der Waals surface area contributed by atoms with E-state index in [4.69, 9.17) is 0 Å². The van der Waals surface area contributed by atoms with E-state index in [1.54, 1.807) is 0 Å². The molecule has 4 rings (SSSR count). The quantitative estimate of drug-likeness (QED) is 0.600. The van der Waals surface area contributed by atoms with Crippen molar-refractivity contribution in [3.05, 3.63) is 70.3 Å². The Morgan fingerprint density at radius 2 is 1.72 bits per heavy atom. The monoisotopic (exact) mass is 396 g/mol. The van der Waals surface area contributed by atoms with Gasteiger partial charge in [-0.25, -0.2) is 0 Å². The molecule has 0 N–H and O–H groups in total. The maximum absolute atomic E-state index is 12.8. The molecule has 0 atom stereocenters. The number of carbonyl (C=O) groups is 1. The van der Waals surface area contributed by atoms with Crippen LogP contribution in [0, 0.1) is 0 Å². The number of benzene rings is 2. The van der Waals surface area contributed by atoms with Crippen molar-refractivity contribution >= 4 is 32.7 Å². The van der Waals surface area contributed by atoms with E-state index in [0.717, 1.165) is 36.0 Å². The minimum atomic E-state index is 0.129. The van der Waals surface area contributed by atoms with Gasteiger partial charge in [0, 0.05) is 41.7 Å². The van der Waals surface area contributed by atoms with Crippen molar-refractivity contribution in [3.63, 3.8) is 0 Å². The zero-order valence-corrected chi connectivity index (χ0v) is 15.9. The lowest BCUT2D eigenvalue weighted by Gasteiger charge is -2.32. The Labute approximate surface area is 156 Å². The number of likely N-dealkylation sites (tertiary alicyclic amines) is 1. The first kappa shape index (κ1) is 16.4. The van der Waals surface area contributed by atoms with Crippen LogP contribution in [-0.4, -0.2) is 28.5 Å². The molecule has 0 spiro atoms. The number of aryl methyl sites for hydroxylation is 1. The van der Waals surface area contributed by atoms with E-state index in [2.05, 4.69) is 58.0 Å². The summed E-state index contributed by atoms with van der Waals surface area (Å²) in [6, 6.07) is 16.3. The van der Waals surface area contributed by atoms with Crippen molar-refractivity contribution in [3.8, 4) is 0 Å². The second kappa shape index (κ2) is 6.68. The second-order valence-electron chi connectivity index (χ2n) is 6.76. The average Bonchev–Trinajstić information content (AvgIpc) is 2.99. The van der Waals surface area contributed by atoms with Gasteiger partial charge in [0.2, 0.25) is 0 Å². The van der Waals surface area contributed by atoms with Crippen molar-refractivity contribution in [1.82, 2.24) is 9.47 Å². The lowest BCUT2D eigenvalue weighted by molar-refractivity contribution is 0.0712. The van der Waals surface area contributed by atoms with Crippen LogP contribution < -0.4 is 0 Å². The van der Waals surface area contributed by atoms with E-state index < -0.39 is 0 Å². The molecule has 0 unspecified atom stereocenters. The number of fused-ring (bicyclic) bond motifs is 1. The van der Waals surface area contributed by atoms with Crippen molar-refractivity contribution in [2.24, 2.45) is 7.05 Å². The van der Waals surface area contributed by atoms with Gasteiger partial charge in [0.1, 0.15) is 0 Å². The molecule has 2 heterocycles. The zero-order valence-electron chi connectivity index (χ0n) is 14.3. The van der Waals surface area contributed by atoms with E-state index >= 15 is 0 Å². The Kier molecular flexibility index (Phi) is 4.38. The topological polar surface area (TPSA) is 25.2 Å². The predicted molar refractivity (Wildman–Crippen MR) is 105 cm³/mol. The molecule has 4 heteroatoms. The summed E-state index contributed by atoms with van der Waals surface area (Å²) in [6.45, 7) is 1.63. The highest BCUT2D eigenvalue weighted by molar-refractivity contribution is 9.10. The van der Waals surface area contributed by atoms with Gasteiger partial charge in [-0.15, -0.1) is 0 Å². The van der Waals surface area contributed by atoms with E-state index in [1.807, 2.05) is 29.2 Å². The molecule has 1 aliphatic rings. The van der Waals surface area contributed by atoms with Gasteiger partial charge in [-0.05, 0) is 58.5 Å². The maximum atomic E-state index is 12.8. The third kappa shape index (κ3) is 2.99. The minimum absolute atomic E-state index is 0.129. The number of halogens is 1. The fourth-order valence-electron chi connectivity index (χ4n) is 3.90. The third-order valence-corrected chi connectivity index (χ3v) is 5.95. The molecular weight excluding hydrogens is 376 g/mol. The molecule has 128 valence electrons. The lowest BCUT2D eigenvalue weighted by atomic mass is 9.89. The van der Waals surface area contributed by atoms with Gasteiger partial charge in [0.05, 0.1) is 5.56 Å². The van der Waals surface area contributed by atoms with Crippen LogP contribution in [-0.2, 0) is 7.05 Å². The number of rotatable bonds is 2. The van der Waals surface area contributed by atoms with Crippen molar-refractivity contribution in [2.75, 3.05) is 13.1 Å². The van der Waals surface area contributed by atoms with Gasteiger partial charge < -0.3 is 9.47 Å². The first-order valence-electron chi connectivity index (χ1n) is 8.73. The van der Waals surface area contributed by atoms with Gasteiger partial charge in [0.25, 0.3) is 5.91 Å². The smallest absolute Gasteiger partial charge is 0.254 e. The molecule has 3 nitrogen and oxygen atoms in total. The number of carbonyl (C=O) groups excluding carboxylic acids is 1. The summed E-state index contributed by atoms with van der Waals surface area (Å²) < 4.78 is 3.08. The Morgan fingerprint density at radius 3 is 2.48 bits per heavy atom. The van der Waals surface area contributed by atoms with E-state index in [0.29, 0.717) is 5.92 Å². The molecule has 1 fully saturated rings. The van der Waals surface area contributed by atoms with Gasteiger partial charge in [-0.2, -0.15) is 0 Å². The lowest BCUT2D eigenvalue weighted by Crippen LogP contribution is -2.38. The van der Waals surface area contributed by atoms with E-state index in [-0.39, 0.29) is 5.91 Å². The standard InChI is InChI=1S/C21H21BrN2O/c1-23-14-18(16-6-3-5-9-20(16)23)15-10-12-24(13-11-15)21(25)17-7-2-4-8-19(17)22/h2-9,14-15H,10-13H2,1H3. The maximum Gasteiger partial charge on any atom is 0.254 e. The number of hydrogen-bond donors (Lipinski definition) is 0. The fraction of sp³-hybridized carbons (Fsp3) is 0.286. The summed E-state index contributed by atoms with van der Waals surface area (Å²) in [6.07, 6.45) is 4.30. The van der Waals surface area contributed by atoms with Gasteiger partial charge in [0.15, 0.2) is 0 Å². The van der Waals surface area contributed by atoms with Crippen LogP contribution in [0.25, 0.3) is 10.9 Å². The number of amides is 1. The van der Waals surface area contributed by atoms with E-state index in [9.17, 15) is 4.79 Å². The third-order valence-electron chi connectivity index (χ3n) is 5.25. The van der Waals surface area contributed by atoms with Crippen LogP contribution in [0.15, 0.2) is 59.2 Å². The summed E-state index contributed by atoms with van der Waals surface area (Å²) in [7, 11) is 2.11. The Bertz CT molecular complexity index is 923. The predicted octanol–water partition coefficient (Wildman–Crippen LogP) is 4.96. The summed E-state index contributed by atoms with van der Waals surface area (Å²) in [4.78, 5) is 14.8. The highest BCUT2D eigenvalue weighted by Crippen LogP contribution is 2.34. The molecule has 2 aromatic carbocycles. The summed E-state index contributed by atoms with van der Waals surface area (Å²) in [5.41, 5.74) is 3.46. The van der Waals surface area contributed by atoms with Gasteiger partial charge >= 0.3 is 0 Å². The molecule has 25 heavy (non-hydrogen) atoms. The molecule has 0 saturated carbocycles. The van der Waals surface area contributed by atoms with Crippen molar-refractivity contribution in [2.45, 2.75) is 18.8 Å². The largest absolute Gasteiger partial charge is 0.350 e. The summed E-state index contributed by atoms with van der Waals surface area (Å²) in [5, 5.41) is 1.35. The van der Waals surface area contributed by atoms with Crippen LogP contribution >= 0.6 is 15.9 Å². The molecule has 3 aromatic rings. The number of para-hydroxylation sites is 1. The second-order valence-corrected chi connectivity index (χ2v) is 7.61. The Morgan fingerprint density at radius 1 is 1.04 bits per heavy atom. The van der Waals surface area contributed by atoms with Crippen LogP contribution in [0.3, 0.4) is 0 Å². The Balaban J connectivity index is 1.52. The fourth-order valence-corrected chi connectivity index (χ4v) is 4.35. The molecule has 0 aliphatic carbocycles. The number of aromatic nitrogens is 1. The minimum Gasteiger partial charge on any atom is -0.350 e. The van der Waals surface area contributed by atoms with Gasteiger partial charge in [-0.1, -0.05) is 30.3 Å². The first-order chi connectivity index (χ1) is 12.1. The summed E-state index contributed by atoms with van der Waals surface area (Å²) in [5.74, 6) is 0.651. The molecule has 1 aliphatic heterocycles. The molecule has 1 aromatic heterocycles. The molecule has 0 bridgehead atoms. The van der Waals surface area contributed by atoms with Crippen LogP contribution in [0.1, 0.15) is 34.7 Å². The van der Waals surface area contributed by atoms with Crippen LogP contribution in [0.5, 0.6) is 0 Å². The molecule has 1 saturated heterocycles. The average molecular weight is 397 g/mol. The molecule has 1 amide bonds. The van der Waals surface area contributed by atoms with Crippen molar-refractivity contribution in [1.29, 1.82) is 0 Å².